The molecule has 5 heteroatoms. The monoisotopic (exact) mass is 211 g/mol. The zero-order valence-corrected chi connectivity index (χ0v) is 8.11. The lowest BCUT2D eigenvalue weighted by atomic mass is 10.3. The van der Waals surface area contributed by atoms with Crippen LogP contribution >= 0.6 is 0 Å². The van der Waals surface area contributed by atoms with Gasteiger partial charge >= 0.3 is 5.97 Å². The van der Waals surface area contributed by atoms with Gasteiger partial charge in [-0.05, 0) is 12.1 Å². The first kappa shape index (κ1) is 11.3. The van der Waals surface area contributed by atoms with Gasteiger partial charge in [0, 0.05) is 13.2 Å². The van der Waals surface area contributed by atoms with E-state index < -0.39 is 11.8 Å². The minimum Gasteiger partial charge on any atom is -0.476 e. The van der Waals surface area contributed by atoms with Gasteiger partial charge in [0.25, 0.3) is 0 Å². The summed E-state index contributed by atoms with van der Waals surface area (Å²) in [7, 11) is 1.52. The highest BCUT2D eigenvalue weighted by molar-refractivity contribution is 5.89. The SMILES string of the molecule is COCc1cccc(/C=C(\F)C(=O)O)n1. The molecule has 0 spiro atoms. The van der Waals surface area contributed by atoms with Crippen molar-refractivity contribution in [1.29, 1.82) is 0 Å². The molecule has 0 fully saturated rings. The molecule has 0 radical (unpaired) electrons. The maximum Gasteiger partial charge on any atom is 0.364 e. The summed E-state index contributed by atoms with van der Waals surface area (Å²) >= 11 is 0. The molecule has 1 rings (SSSR count). The Labute approximate surface area is 86.0 Å². The molecule has 0 aliphatic heterocycles. The molecule has 1 aromatic heterocycles. The van der Waals surface area contributed by atoms with Crippen LogP contribution in [-0.2, 0) is 16.1 Å². The zero-order valence-electron chi connectivity index (χ0n) is 8.11. The van der Waals surface area contributed by atoms with Crippen LogP contribution in [0.3, 0.4) is 0 Å². The van der Waals surface area contributed by atoms with Crippen molar-refractivity contribution in [3.8, 4) is 0 Å². The predicted molar refractivity (Wildman–Crippen MR) is 51.7 cm³/mol. The molecule has 4 nitrogen and oxygen atoms in total. The van der Waals surface area contributed by atoms with Crippen molar-refractivity contribution in [2.24, 2.45) is 0 Å². The van der Waals surface area contributed by atoms with Gasteiger partial charge in [-0.3, -0.25) is 4.98 Å². The van der Waals surface area contributed by atoms with Crippen molar-refractivity contribution in [2.75, 3.05) is 7.11 Å². The first-order valence-electron chi connectivity index (χ1n) is 4.19. The van der Waals surface area contributed by atoms with Gasteiger partial charge in [0.15, 0.2) is 0 Å². The molecule has 0 saturated carbocycles. The fourth-order valence-electron chi connectivity index (χ4n) is 0.998. The van der Waals surface area contributed by atoms with Gasteiger partial charge in [0.1, 0.15) is 0 Å². The third kappa shape index (κ3) is 3.47. The summed E-state index contributed by atoms with van der Waals surface area (Å²) in [5.41, 5.74) is 0.869. The van der Waals surface area contributed by atoms with Crippen molar-refractivity contribution in [2.45, 2.75) is 6.61 Å². The molecule has 0 atom stereocenters. The van der Waals surface area contributed by atoms with E-state index in [1.54, 1.807) is 12.1 Å². The first-order valence-corrected chi connectivity index (χ1v) is 4.19. The molecule has 1 heterocycles. The molecule has 0 aliphatic carbocycles. The maximum absolute atomic E-state index is 12.7. The van der Waals surface area contributed by atoms with Crippen molar-refractivity contribution < 1.29 is 19.0 Å². The van der Waals surface area contributed by atoms with E-state index in [2.05, 4.69) is 4.98 Å². The molecular weight excluding hydrogens is 201 g/mol. The van der Waals surface area contributed by atoms with E-state index in [1.807, 2.05) is 0 Å². The number of carboxylic acid groups (broad SMARTS) is 1. The van der Waals surface area contributed by atoms with Crippen LogP contribution in [0.25, 0.3) is 6.08 Å². The number of hydrogen-bond donors (Lipinski definition) is 1. The number of aliphatic carboxylic acids is 1. The Kier molecular flexibility index (Phi) is 3.93. The second kappa shape index (κ2) is 5.21. The lowest BCUT2D eigenvalue weighted by Crippen LogP contribution is -1.97. The van der Waals surface area contributed by atoms with Gasteiger partial charge < -0.3 is 9.84 Å². The van der Waals surface area contributed by atoms with Crippen LogP contribution in [0, 0.1) is 0 Å². The van der Waals surface area contributed by atoms with Crippen LogP contribution < -0.4 is 0 Å². The van der Waals surface area contributed by atoms with Crippen LogP contribution in [0.1, 0.15) is 11.4 Å². The Morgan fingerprint density at radius 2 is 2.40 bits per heavy atom. The molecular formula is C10H10FNO3. The van der Waals surface area contributed by atoms with Crippen LogP contribution in [0.2, 0.25) is 0 Å². The van der Waals surface area contributed by atoms with Crippen LogP contribution in [0.4, 0.5) is 4.39 Å². The van der Waals surface area contributed by atoms with Crippen LogP contribution in [-0.4, -0.2) is 23.2 Å². The molecule has 0 aliphatic rings. The number of rotatable bonds is 4. The fraction of sp³-hybridized carbons (Fsp3) is 0.200. The number of aromatic nitrogens is 1. The summed E-state index contributed by atoms with van der Waals surface area (Å²) in [6.45, 7) is 0.302. The number of hydrogen-bond acceptors (Lipinski definition) is 3. The molecule has 1 N–H and O–H groups in total. The highest BCUT2D eigenvalue weighted by Gasteiger charge is 2.05. The van der Waals surface area contributed by atoms with E-state index in [9.17, 15) is 9.18 Å². The van der Waals surface area contributed by atoms with Crippen LogP contribution in [0.5, 0.6) is 0 Å². The molecule has 0 amide bonds. The Morgan fingerprint density at radius 3 is 3.00 bits per heavy atom. The van der Waals surface area contributed by atoms with Crippen molar-refractivity contribution in [3.05, 3.63) is 35.4 Å². The normalized spacial score (nSPS) is 11.5. The van der Waals surface area contributed by atoms with Gasteiger partial charge in [-0.1, -0.05) is 6.07 Å². The number of carbonyl (C=O) groups is 1. The number of nitrogens with zero attached hydrogens (tertiary/aromatic N) is 1. The topological polar surface area (TPSA) is 59.4 Å². The number of methoxy groups -OCH3 is 1. The van der Waals surface area contributed by atoms with Gasteiger partial charge in [-0.25, -0.2) is 4.79 Å². The molecule has 0 bridgehead atoms. The second-order valence-corrected chi connectivity index (χ2v) is 2.78. The maximum atomic E-state index is 12.7. The van der Waals surface area contributed by atoms with Gasteiger partial charge in [-0.15, -0.1) is 0 Å². The Bertz CT molecular complexity index is 390. The number of carboxylic acids is 1. The van der Waals surface area contributed by atoms with Gasteiger partial charge in [0.2, 0.25) is 5.83 Å². The molecule has 1 aromatic rings. The summed E-state index contributed by atoms with van der Waals surface area (Å²) in [4.78, 5) is 14.2. The quantitative estimate of drug-likeness (QED) is 0.769. The summed E-state index contributed by atoms with van der Waals surface area (Å²) in [6.07, 6.45) is 0.863. The standard InChI is InChI=1S/C10H10FNO3/c1-15-6-8-4-2-3-7(12-8)5-9(11)10(13)14/h2-5H,6H2,1H3,(H,13,14)/b9-5-. The van der Waals surface area contributed by atoms with E-state index in [0.29, 0.717) is 12.3 Å². The lowest BCUT2D eigenvalue weighted by Gasteiger charge is -1.99. The van der Waals surface area contributed by atoms with Gasteiger partial charge in [0.05, 0.1) is 18.0 Å². The average molecular weight is 211 g/mol. The summed E-state index contributed by atoms with van der Waals surface area (Å²) in [5, 5.41) is 8.32. The molecule has 15 heavy (non-hydrogen) atoms. The minimum atomic E-state index is -1.60. The fourth-order valence-corrected chi connectivity index (χ4v) is 0.998. The smallest absolute Gasteiger partial charge is 0.364 e. The minimum absolute atomic E-state index is 0.254. The van der Waals surface area contributed by atoms with Crippen molar-refractivity contribution in [1.82, 2.24) is 4.98 Å². The molecule has 0 unspecified atom stereocenters. The molecule has 0 aromatic carbocycles. The third-order valence-electron chi connectivity index (χ3n) is 1.60. The highest BCUT2D eigenvalue weighted by Crippen LogP contribution is 2.07. The van der Waals surface area contributed by atoms with Crippen LogP contribution in [0.15, 0.2) is 24.0 Å². The predicted octanol–water partition coefficient (Wildman–Crippen LogP) is 1.62. The van der Waals surface area contributed by atoms with E-state index in [-0.39, 0.29) is 5.69 Å². The summed E-state index contributed by atoms with van der Waals surface area (Å²) < 4.78 is 17.6. The highest BCUT2D eigenvalue weighted by atomic mass is 19.1. The second-order valence-electron chi connectivity index (χ2n) is 2.78. The van der Waals surface area contributed by atoms with Gasteiger partial charge in [-0.2, -0.15) is 4.39 Å². The zero-order chi connectivity index (χ0) is 11.3. The van der Waals surface area contributed by atoms with E-state index in [0.717, 1.165) is 6.08 Å². The number of halogens is 1. The molecule has 80 valence electrons. The summed E-state index contributed by atoms with van der Waals surface area (Å²) in [5.74, 6) is -2.84. The Hall–Kier alpha value is -1.75. The number of ether oxygens (including phenoxy) is 1. The van der Waals surface area contributed by atoms with E-state index >= 15 is 0 Å². The average Bonchev–Trinajstić information content (AvgIpc) is 2.18. The number of pyridine rings is 1. The summed E-state index contributed by atoms with van der Waals surface area (Å²) in [6, 6.07) is 4.88. The Balaban J connectivity index is 2.91. The lowest BCUT2D eigenvalue weighted by molar-refractivity contribution is -0.134. The van der Waals surface area contributed by atoms with Crippen molar-refractivity contribution >= 4 is 12.0 Å². The largest absolute Gasteiger partial charge is 0.476 e. The van der Waals surface area contributed by atoms with Crippen molar-refractivity contribution in [3.63, 3.8) is 0 Å². The third-order valence-corrected chi connectivity index (χ3v) is 1.60. The molecule has 0 saturated heterocycles. The first-order chi connectivity index (χ1) is 7.13. The Morgan fingerprint density at radius 1 is 1.67 bits per heavy atom. The van der Waals surface area contributed by atoms with E-state index in [1.165, 1.54) is 13.2 Å². The van der Waals surface area contributed by atoms with E-state index in [4.69, 9.17) is 9.84 Å².